The summed E-state index contributed by atoms with van der Waals surface area (Å²) >= 11 is 0. The molecule has 3 rings (SSSR count). The molecule has 0 spiro atoms. The van der Waals surface area contributed by atoms with E-state index in [9.17, 15) is 4.79 Å². The van der Waals surface area contributed by atoms with Crippen molar-refractivity contribution in [3.63, 3.8) is 0 Å². The molecule has 1 atom stereocenters. The number of morpholine rings is 1. The van der Waals surface area contributed by atoms with E-state index in [4.69, 9.17) is 9.26 Å². The second-order valence-corrected chi connectivity index (χ2v) is 7.78. The normalized spacial score (nSPS) is 23.5. The molecular formula is C17H28N4O3. The predicted octanol–water partition coefficient (Wildman–Crippen LogP) is 1.44. The lowest BCUT2D eigenvalue weighted by Crippen LogP contribution is -2.48. The van der Waals surface area contributed by atoms with Crippen molar-refractivity contribution in [1.82, 2.24) is 19.9 Å². The van der Waals surface area contributed by atoms with E-state index >= 15 is 0 Å². The Morgan fingerprint density at radius 3 is 2.67 bits per heavy atom. The van der Waals surface area contributed by atoms with E-state index in [2.05, 4.69) is 35.8 Å². The Morgan fingerprint density at radius 2 is 2.00 bits per heavy atom. The molecule has 1 amide bonds. The largest absolute Gasteiger partial charge is 0.378 e. The number of hydrogen-bond acceptors (Lipinski definition) is 6. The van der Waals surface area contributed by atoms with Gasteiger partial charge in [-0.1, -0.05) is 25.9 Å². The van der Waals surface area contributed by atoms with Crippen LogP contribution in [-0.4, -0.2) is 65.2 Å². The predicted molar refractivity (Wildman–Crippen MR) is 88.4 cm³/mol. The van der Waals surface area contributed by atoms with Crippen molar-refractivity contribution in [3.8, 4) is 0 Å². The molecule has 2 aliphatic heterocycles. The minimum Gasteiger partial charge on any atom is -0.378 e. The highest BCUT2D eigenvalue weighted by atomic mass is 16.5. The van der Waals surface area contributed by atoms with Gasteiger partial charge in [-0.05, 0) is 19.4 Å². The van der Waals surface area contributed by atoms with E-state index < -0.39 is 0 Å². The Hall–Kier alpha value is -1.47. The van der Waals surface area contributed by atoms with Crippen LogP contribution >= 0.6 is 0 Å². The van der Waals surface area contributed by atoms with E-state index in [0.717, 1.165) is 39.0 Å². The van der Waals surface area contributed by atoms with Crippen molar-refractivity contribution >= 4 is 5.91 Å². The minimum atomic E-state index is -0.137. The summed E-state index contributed by atoms with van der Waals surface area (Å²) in [6, 6.07) is 0. The first kappa shape index (κ1) is 17.4. The van der Waals surface area contributed by atoms with E-state index in [1.165, 1.54) is 0 Å². The molecule has 2 fully saturated rings. The van der Waals surface area contributed by atoms with Gasteiger partial charge >= 0.3 is 0 Å². The van der Waals surface area contributed by atoms with Gasteiger partial charge in [-0.25, -0.2) is 0 Å². The molecule has 0 bridgehead atoms. The zero-order chi connectivity index (χ0) is 17.2. The summed E-state index contributed by atoms with van der Waals surface area (Å²) < 4.78 is 10.7. The van der Waals surface area contributed by atoms with Crippen molar-refractivity contribution in [3.05, 3.63) is 11.7 Å². The van der Waals surface area contributed by atoms with Crippen LogP contribution in [0.4, 0.5) is 0 Å². The minimum absolute atomic E-state index is 0.0748. The third-order valence-electron chi connectivity index (χ3n) is 4.65. The van der Waals surface area contributed by atoms with Crippen molar-refractivity contribution in [2.45, 2.75) is 45.6 Å². The summed E-state index contributed by atoms with van der Waals surface area (Å²) in [4.78, 5) is 21.4. The fraction of sp³-hybridized carbons (Fsp3) is 0.824. The number of carbonyl (C=O) groups excluding carboxylic acids is 1. The van der Waals surface area contributed by atoms with Crippen LogP contribution in [0.25, 0.3) is 0 Å². The smallest absolute Gasteiger partial charge is 0.232 e. The van der Waals surface area contributed by atoms with Crippen LogP contribution in [0.15, 0.2) is 4.52 Å². The zero-order valence-electron chi connectivity index (χ0n) is 15.0. The fourth-order valence-electron chi connectivity index (χ4n) is 3.27. The number of hydrogen-bond donors (Lipinski definition) is 0. The summed E-state index contributed by atoms with van der Waals surface area (Å²) in [6.45, 7) is 11.3. The number of rotatable bonds is 3. The first-order valence-electron chi connectivity index (χ1n) is 8.85. The van der Waals surface area contributed by atoms with Crippen LogP contribution in [0, 0.1) is 5.92 Å². The van der Waals surface area contributed by atoms with E-state index in [0.29, 0.717) is 31.5 Å². The molecule has 0 N–H and O–H groups in total. The van der Waals surface area contributed by atoms with E-state index in [1.54, 1.807) is 0 Å². The topological polar surface area (TPSA) is 71.7 Å². The SMILES string of the molecule is CC(C)(C)c1nc(CN2CCCC(C(=O)N3CCOCC3)C2)no1. The lowest BCUT2D eigenvalue weighted by Gasteiger charge is -2.35. The molecule has 7 nitrogen and oxygen atoms in total. The first-order valence-corrected chi connectivity index (χ1v) is 8.85. The van der Waals surface area contributed by atoms with Gasteiger partial charge in [0.1, 0.15) is 0 Å². The summed E-state index contributed by atoms with van der Waals surface area (Å²) in [7, 11) is 0. The fourth-order valence-corrected chi connectivity index (χ4v) is 3.27. The second kappa shape index (κ2) is 7.19. The molecule has 0 radical (unpaired) electrons. The molecule has 1 aromatic heterocycles. The molecule has 3 heterocycles. The molecule has 134 valence electrons. The number of piperidine rings is 1. The van der Waals surface area contributed by atoms with Gasteiger partial charge in [-0.2, -0.15) is 4.98 Å². The molecule has 1 aromatic rings. The Kier molecular flexibility index (Phi) is 5.20. The zero-order valence-corrected chi connectivity index (χ0v) is 15.0. The number of ether oxygens (including phenoxy) is 1. The maximum atomic E-state index is 12.7. The summed E-state index contributed by atoms with van der Waals surface area (Å²) in [6.07, 6.45) is 2.00. The molecule has 1 unspecified atom stereocenters. The maximum Gasteiger partial charge on any atom is 0.232 e. The Bertz CT molecular complexity index is 560. The summed E-state index contributed by atoms with van der Waals surface area (Å²) in [5, 5.41) is 4.10. The number of aromatic nitrogens is 2. The van der Waals surface area contributed by atoms with Gasteiger partial charge in [-0.3, -0.25) is 9.69 Å². The van der Waals surface area contributed by atoms with Gasteiger partial charge in [0, 0.05) is 25.0 Å². The van der Waals surface area contributed by atoms with Crippen molar-refractivity contribution in [2.75, 3.05) is 39.4 Å². The standard InChI is InChI=1S/C17H28N4O3/c1-17(2,3)16-18-14(19-24-16)12-20-6-4-5-13(11-20)15(22)21-7-9-23-10-8-21/h13H,4-12H2,1-3H3. The number of nitrogens with zero attached hydrogens (tertiary/aromatic N) is 4. The van der Waals surface area contributed by atoms with Gasteiger partial charge in [0.05, 0.1) is 25.7 Å². The average molecular weight is 336 g/mol. The molecule has 0 saturated carbocycles. The lowest BCUT2D eigenvalue weighted by molar-refractivity contribution is -0.141. The first-order chi connectivity index (χ1) is 11.4. The molecular weight excluding hydrogens is 308 g/mol. The highest BCUT2D eigenvalue weighted by Gasteiger charge is 2.31. The summed E-state index contributed by atoms with van der Waals surface area (Å²) in [5.41, 5.74) is -0.137. The quantitative estimate of drug-likeness (QED) is 0.832. The third-order valence-corrected chi connectivity index (χ3v) is 4.65. The van der Waals surface area contributed by atoms with Crippen LogP contribution in [0.3, 0.4) is 0 Å². The molecule has 0 aromatic carbocycles. The van der Waals surface area contributed by atoms with Gasteiger partial charge < -0.3 is 14.2 Å². The Labute approximate surface area is 143 Å². The van der Waals surface area contributed by atoms with Crippen molar-refractivity contribution in [1.29, 1.82) is 0 Å². The molecule has 7 heteroatoms. The van der Waals surface area contributed by atoms with Crippen LogP contribution < -0.4 is 0 Å². The van der Waals surface area contributed by atoms with Gasteiger partial charge in [0.25, 0.3) is 0 Å². The molecule has 24 heavy (non-hydrogen) atoms. The van der Waals surface area contributed by atoms with E-state index in [1.807, 2.05) is 4.90 Å². The third kappa shape index (κ3) is 4.13. The second-order valence-electron chi connectivity index (χ2n) is 7.78. The monoisotopic (exact) mass is 336 g/mol. The number of carbonyl (C=O) groups is 1. The van der Waals surface area contributed by atoms with Crippen LogP contribution in [0.2, 0.25) is 0 Å². The lowest BCUT2D eigenvalue weighted by atomic mass is 9.96. The van der Waals surface area contributed by atoms with Crippen molar-refractivity contribution < 1.29 is 14.1 Å². The molecule has 2 saturated heterocycles. The molecule has 2 aliphatic rings. The van der Waals surface area contributed by atoms with Crippen LogP contribution in [0.1, 0.15) is 45.3 Å². The average Bonchev–Trinajstić information content (AvgIpc) is 3.04. The number of amides is 1. The van der Waals surface area contributed by atoms with Crippen LogP contribution in [0.5, 0.6) is 0 Å². The Morgan fingerprint density at radius 1 is 1.25 bits per heavy atom. The van der Waals surface area contributed by atoms with E-state index in [-0.39, 0.29) is 17.2 Å². The van der Waals surface area contributed by atoms with Crippen LogP contribution in [-0.2, 0) is 21.5 Å². The Balaban J connectivity index is 1.57. The van der Waals surface area contributed by atoms with Gasteiger partial charge in [0.2, 0.25) is 11.8 Å². The summed E-state index contributed by atoms with van der Waals surface area (Å²) in [5.74, 6) is 1.71. The van der Waals surface area contributed by atoms with Crippen molar-refractivity contribution in [2.24, 2.45) is 5.92 Å². The highest BCUT2D eigenvalue weighted by Crippen LogP contribution is 2.23. The highest BCUT2D eigenvalue weighted by molar-refractivity contribution is 5.79. The molecule has 0 aliphatic carbocycles. The number of likely N-dealkylation sites (tertiary alicyclic amines) is 1. The van der Waals surface area contributed by atoms with Gasteiger partial charge in [0.15, 0.2) is 5.82 Å². The van der Waals surface area contributed by atoms with Gasteiger partial charge in [-0.15, -0.1) is 0 Å². The maximum absolute atomic E-state index is 12.7.